The largest absolute Gasteiger partial charge is 0.387 e. The minimum absolute atomic E-state index is 0.0348. The highest BCUT2D eigenvalue weighted by molar-refractivity contribution is 7.17. The molecule has 2 N–H and O–H groups in total. The molecule has 0 aliphatic carbocycles. The first-order valence-corrected chi connectivity index (χ1v) is 8.57. The standard InChI is InChI=1S/C19H19NO2S/c21-17(16-13-23-18-9-5-4-8-15(16)18)12-20-19(22)11-10-14-6-2-1-3-7-14/h1-9,13,17,21H,10-12H2,(H,20,22). The van der Waals surface area contributed by atoms with Crippen LogP contribution in [0.15, 0.2) is 60.0 Å². The third kappa shape index (κ3) is 3.97. The Morgan fingerprint density at radius 3 is 2.65 bits per heavy atom. The van der Waals surface area contributed by atoms with Gasteiger partial charge in [0.1, 0.15) is 0 Å². The second-order valence-corrected chi connectivity index (χ2v) is 6.40. The minimum atomic E-state index is -0.674. The zero-order chi connectivity index (χ0) is 16.1. The summed E-state index contributed by atoms with van der Waals surface area (Å²) in [5, 5.41) is 16.2. The lowest BCUT2D eigenvalue weighted by atomic mass is 10.1. The Morgan fingerprint density at radius 1 is 1.09 bits per heavy atom. The van der Waals surface area contributed by atoms with Crippen molar-refractivity contribution in [3.05, 3.63) is 71.1 Å². The Bertz CT molecular complexity index is 782. The molecule has 0 aliphatic heterocycles. The predicted molar refractivity (Wildman–Crippen MR) is 94.6 cm³/mol. The Balaban J connectivity index is 1.52. The molecule has 0 saturated heterocycles. The summed E-state index contributed by atoms with van der Waals surface area (Å²) in [5.74, 6) is -0.0348. The number of aliphatic hydroxyl groups is 1. The van der Waals surface area contributed by atoms with Crippen LogP contribution in [-0.4, -0.2) is 17.6 Å². The molecule has 0 aliphatic rings. The van der Waals surface area contributed by atoms with Crippen molar-refractivity contribution < 1.29 is 9.90 Å². The topological polar surface area (TPSA) is 49.3 Å². The lowest BCUT2D eigenvalue weighted by molar-refractivity contribution is -0.121. The van der Waals surface area contributed by atoms with Crippen LogP contribution in [0.1, 0.15) is 23.7 Å². The van der Waals surface area contributed by atoms with Gasteiger partial charge < -0.3 is 10.4 Å². The fourth-order valence-corrected chi connectivity index (χ4v) is 3.58. The van der Waals surface area contributed by atoms with Gasteiger partial charge in [-0.05, 0) is 28.8 Å². The fraction of sp³-hybridized carbons (Fsp3) is 0.211. The normalized spacial score (nSPS) is 12.2. The van der Waals surface area contributed by atoms with Crippen molar-refractivity contribution in [1.29, 1.82) is 0 Å². The number of thiophene rings is 1. The van der Waals surface area contributed by atoms with E-state index in [1.54, 1.807) is 11.3 Å². The van der Waals surface area contributed by atoms with Crippen LogP contribution in [0.2, 0.25) is 0 Å². The maximum atomic E-state index is 11.9. The third-order valence-corrected chi connectivity index (χ3v) is 4.83. The van der Waals surface area contributed by atoms with Crippen molar-refractivity contribution in [3.63, 3.8) is 0 Å². The Kier molecular flexibility index (Phi) is 5.05. The number of amides is 1. The van der Waals surface area contributed by atoms with Crippen molar-refractivity contribution >= 4 is 27.3 Å². The first kappa shape index (κ1) is 15.7. The molecule has 118 valence electrons. The smallest absolute Gasteiger partial charge is 0.220 e. The van der Waals surface area contributed by atoms with Crippen LogP contribution in [0.25, 0.3) is 10.1 Å². The van der Waals surface area contributed by atoms with E-state index in [-0.39, 0.29) is 12.5 Å². The van der Waals surface area contributed by atoms with Gasteiger partial charge in [0, 0.05) is 23.2 Å². The lowest BCUT2D eigenvalue weighted by Gasteiger charge is -2.11. The molecule has 0 bridgehead atoms. The number of nitrogens with one attached hydrogen (secondary N) is 1. The molecule has 0 radical (unpaired) electrons. The molecule has 0 spiro atoms. The molecule has 0 saturated carbocycles. The lowest BCUT2D eigenvalue weighted by Crippen LogP contribution is -2.28. The van der Waals surface area contributed by atoms with E-state index >= 15 is 0 Å². The molecule has 1 heterocycles. The average Bonchev–Trinajstić information content (AvgIpc) is 3.03. The van der Waals surface area contributed by atoms with Gasteiger partial charge in [-0.15, -0.1) is 11.3 Å². The zero-order valence-electron chi connectivity index (χ0n) is 12.7. The molecular formula is C19H19NO2S. The van der Waals surface area contributed by atoms with E-state index in [2.05, 4.69) is 5.32 Å². The van der Waals surface area contributed by atoms with E-state index in [9.17, 15) is 9.90 Å². The molecule has 1 unspecified atom stereocenters. The summed E-state index contributed by atoms with van der Waals surface area (Å²) < 4.78 is 1.15. The summed E-state index contributed by atoms with van der Waals surface area (Å²) in [5.41, 5.74) is 2.03. The molecule has 2 aromatic carbocycles. The number of fused-ring (bicyclic) bond motifs is 1. The summed E-state index contributed by atoms with van der Waals surface area (Å²) in [6.45, 7) is 0.244. The van der Waals surface area contributed by atoms with E-state index in [1.807, 2.05) is 60.0 Å². The van der Waals surface area contributed by atoms with Crippen molar-refractivity contribution in [3.8, 4) is 0 Å². The van der Waals surface area contributed by atoms with Crippen LogP contribution in [0.5, 0.6) is 0 Å². The maximum Gasteiger partial charge on any atom is 0.220 e. The molecule has 4 heteroatoms. The number of aryl methyl sites for hydroxylation is 1. The van der Waals surface area contributed by atoms with Gasteiger partial charge in [-0.2, -0.15) is 0 Å². The summed E-state index contributed by atoms with van der Waals surface area (Å²) in [7, 11) is 0. The molecule has 1 aromatic heterocycles. The predicted octanol–water partition coefficient (Wildman–Crippen LogP) is 3.68. The highest BCUT2D eigenvalue weighted by atomic mass is 32.1. The van der Waals surface area contributed by atoms with Crippen LogP contribution in [0.3, 0.4) is 0 Å². The summed E-state index contributed by atoms with van der Waals surface area (Å²) >= 11 is 1.61. The average molecular weight is 325 g/mol. The van der Waals surface area contributed by atoms with E-state index < -0.39 is 6.10 Å². The molecule has 23 heavy (non-hydrogen) atoms. The number of rotatable bonds is 6. The number of carbonyl (C=O) groups excluding carboxylic acids is 1. The second kappa shape index (κ2) is 7.40. The number of hydrogen-bond acceptors (Lipinski definition) is 3. The summed E-state index contributed by atoms with van der Waals surface area (Å²) in [6.07, 6.45) is 0.470. The molecule has 3 nitrogen and oxygen atoms in total. The van der Waals surface area contributed by atoms with Gasteiger partial charge in [0.2, 0.25) is 5.91 Å². The highest BCUT2D eigenvalue weighted by Gasteiger charge is 2.14. The van der Waals surface area contributed by atoms with E-state index in [0.29, 0.717) is 12.8 Å². The molecule has 3 rings (SSSR count). The quantitative estimate of drug-likeness (QED) is 0.726. The zero-order valence-corrected chi connectivity index (χ0v) is 13.6. The van der Waals surface area contributed by atoms with E-state index in [0.717, 1.165) is 21.2 Å². The number of carbonyl (C=O) groups is 1. The first-order valence-electron chi connectivity index (χ1n) is 7.69. The van der Waals surface area contributed by atoms with Crippen LogP contribution in [0.4, 0.5) is 0 Å². The number of aliphatic hydroxyl groups excluding tert-OH is 1. The molecule has 1 amide bonds. The van der Waals surface area contributed by atoms with Gasteiger partial charge in [0.15, 0.2) is 0 Å². The molecule has 3 aromatic rings. The van der Waals surface area contributed by atoms with Gasteiger partial charge in [-0.1, -0.05) is 48.5 Å². The molecule has 0 fully saturated rings. The van der Waals surface area contributed by atoms with Gasteiger partial charge in [-0.25, -0.2) is 0 Å². The van der Waals surface area contributed by atoms with Gasteiger partial charge >= 0.3 is 0 Å². The molecule has 1 atom stereocenters. The van der Waals surface area contributed by atoms with Crippen LogP contribution >= 0.6 is 11.3 Å². The maximum absolute atomic E-state index is 11.9. The second-order valence-electron chi connectivity index (χ2n) is 5.49. The van der Waals surface area contributed by atoms with E-state index in [4.69, 9.17) is 0 Å². The van der Waals surface area contributed by atoms with Crippen LogP contribution < -0.4 is 5.32 Å². The van der Waals surface area contributed by atoms with Crippen molar-refractivity contribution in [2.75, 3.05) is 6.54 Å². The molecular weight excluding hydrogens is 306 g/mol. The van der Waals surface area contributed by atoms with Gasteiger partial charge in [-0.3, -0.25) is 4.79 Å². The monoisotopic (exact) mass is 325 g/mol. The Morgan fingerprint density at radius 2 is 1.83 bits per heavy atom. The highest BCUT2D eigenvalue weighted by Crippen LogP contribution is 2.29. The Hall–Kier alpha value is -2.17. The SMILES string of the molecule is O=C(CCc1ccccc1)NCC(O)c1csc2ccccc12. The van der Waals surface area contributed by atoms with Gasteiger partial charge in [0.25, 0.3) is 0 Å². The summed E-state index contributed by atoms with van der Waals surface area (Å²) in [4.78, 5) is 11.9. The van der Waals surface area contributed by atoms with Crippen molar-refractivity contribution in [2.45, 2.75) is 18.9 Å². The van der Waals surface area contributed by atoms with Crippen molar-refractivity contribution in [2.24, 2.45) is 0 Å². The van der Waals surface area contributed by atoms with Crippen molar-refractivity contribution in [1.82, 2.24) is 5.32 Å². The van der Waals surface area contributed by atoms with Crippen LogP contribution in [-0.2, 0) is 11.2 Å². The number of benzene rings is 2. The van der Waals surface area contributed by atoms with Gasteiger partial charge in [0.05, 0.1) is 6.10 Å². The summed E-state index contributed by atoms with van der Waals surface area (Å²) in [6, 6.07) is 17.9. The number of hydrogen-bond donors (Lipinski definition) is 2. The van der Waals surface area contributed by atoms with Crippen LogP contribution in [0, 0.1) is 0 Å². The minimum Gasteiger partial charge on any atom is -0.387 e. The van der Waals surface area contributed by atoms with E-state index in [1.165, 1.54) is 0 Å². The fourth-order valence-electron chi connectivity index (χ4n) is 2.57. The Labute approximate surface area is 139 Å². The third-order valence-electron chi connectivity index (χ3n) is 3.85. The first-order chi connectivity index (χ1) is 11.2.